The Morgan fingerprint density at radius 3 is 2.79 bits per heavy atom. The topological polar surface area (TPSA) is 80.9 Å². The van der Waals surface area contributed by atoms with Crippen LogP contribution in [0.15, 0.2) is 42.7 Å². The fourth-order valence-corrected chi connectivity index (χ4v) is 1.70. The van der Waals surface area contributed by atoms with Crippen LogP contribution in [0.2, 0.25) is 0 Å². The first-order valence-electron chi connectivity index (χ1n) is 6.06. The number of aromatic nitrogens is 2. The van der Waals surface area contributed by atoms with Crippen LogP contribution in [0.4, 0.5) is 5.69 Å². The maximum absolute atomic E-state index is 11.9. The maximum Gasteiger partial charge on any atom is 0.226 e. The maximum atomic E-state index is 11.9. The first-order valence-corrected chi connectivity index (χ1v) is 6.06. The summed E-state index contributed by atoms with van der Waals surface area (Å²) >= 11 is 0. The number of nitrogens with one attached hydrogen (secondary N) is 1. The van der Waals surface area contributed by atoms with Crippen LogP contribution in [-0.4, -0.2) is 15.9 Å². The summed E-state index contributed by atoms with van der Waals surface area (Å²) in [7, 11) is 0. The first kappa shape index (κ1) is 13.0. The average Bonchev–Trinajstić information content (AvgIpc) is 2.42. The largest absolute Gasteiger partial charge is 0.397 e. The second kappa shape index (κ2) is 5.95. The number of nitrogen functional groups attached to an aromatic ring is 1. The van der Waals surface area contributed by atoms with Gasteiger partial charge in [-0.3, -0.25) is 14.8 Å². The number of hydrogen-bond donors (Lipinski definition) is 2. The molecule has 0 aliphatic heterocycles. The van der Waals surface area contributed by atoms with E-state index in [1.165, 1.54) is 0 Å². The number of amides is 1. The Kier molecular flexibility index (Phi) is 4.07. The molecule has 1 atom stereocenters. The van der Waals surface area contributed by atoms with Gasteiger partial charge in [-0.15, -0.1) is 0 Å². The number of nitrogens with zero attached hydrogens (tertiary/aromatic N) is 2. The Bertz CT molecular complexity index is 539. The van der Waals surface area contributed by atoms with E-state index >= 15 is 0 Å². The summed E-state index contributed by atoms with van der Waals surface area (Å²) in [5.74, 6) is -0.0876. The van der Waals surface area contributed by atoms with Crippen molar-refractivity contribution < 1.29 is 4.79 Å². The molecule has 19 heavy (non-hydrogen) atoms. The Hall–Kier alpha value is -2.43. The third kappa shape index (κ3) is 3.77. The summed E-state index contributed by atoms with van der Waals surface area (Å²) in [6.45, 7) is 1.90. The highest BCUT2D eigenvalue weighted by atomic mass is 16.1. The van der Waals surface area contributed by atoms with Crippen molar-refractivity contribution in [2.24, 2.45) is 0 Å². The van der Waals surface area contributed by atoms with E-state index in [-0.39, 0.29) is 18.4 Å². The van der Waals surface area contributed by atoms with E-state index in [4.69, 9.17) is 5.73 Å². The molecule has 1 amide bonds. The van der Waals surface area contributed by atoms with Crippen LogP contribution in [0, 0.1) is 0 Å². The molecular weight excluding hydrogens is 240 g/mol. The Balaban J connectivity index is 1.93. The number of nitrogens with two attached hydrogens (primary N) is 1. The Morgan fingerprint density at radius 2 is 2.16 bits per heavy atom. The van der Waals surface area contributed by atoms with E-state index in [0.717, 1.165) is 5.69 Å². The standard InChI is InChI=1S/C14H16N4O/c1-10(13-4-2-3-7-16-13)18-14(19)8-12-6-5-11(15)9-17-12/h2-7,9-10H,8,15H2,1H3,(H,18,19)/t10-/m0/s1. The lowest BCUT2D eigenvalue weighted by atomic mass is 10.2. The smallest absolute Gasteiger partial charge is 0.226 e. The van der Waals surface area contributed by atoms with Gasteiger partial charge in [-0.1, -0.05) is 6.07 Å². The summed E-state index contributed by atoms with van der Waals surface area (Å²) < 4.78 is 0. The van der Waals surface area contributed by atoms with Gasteiger partial charge in [0.05, 0.1) is 30.0 Å². The van der Waals surface area contributed by atoms with Crippen molar-refractivity contribution >= 4 is 11.6 Å². The number of hydrogen-bond acceptors (Lipinski definition) is 4. The molecule has 2 aromatic rings. The molecule has 2 heterocycles. The van der Waals surface area contributed by atoms with Crippen LogP contribution >= 0.6 is 0 Å². The van der Waals surface area contributed by atoms with Crippen LogP contribution < -0.4 is 11.1 Å². The molecule has 0 spiro atoms. The Labute approximate surface area is 111 Å². The van der Waals surface area contributed by atoms with E-state index in [2.05, 4.69) is 15.3 Å². The first-order chi connectivity index (χ1) is 9.15. The lowest BCUT2D eigenvalue weighted by Gasteiger charge is -2.13. The quantitative estimate of drug-likeness (QED) is 0.868. The van der Waals surface area contributed by atoms with Crippen LogP contribution in [0.25, 0.3) is 0 Å². The number of rotatable bonds is 4. The molecule has 0 bridgehead atoms. The lowest BCUT2D eigenvalue weighted by Crippen LogP contribution is -2.28. The summed E-state index contributed by atoms with van der Waals surface area (Å²) in [5, 5.41) is 2.89. The van der Waals surface area contributed by atoms with Gasteiger partial charge in [0.15, 0.2) is 0 Å². The van der Waals surface area contributed by atoms with E-state index in [1.807, 2.05) is 25.1 Å². The van der Waals surface area contributed by atoms with Crippen molar-refractivity contribution in [3.63, 3.8) is 0 Å². The summed E-state index contributed by atoms with van der Waals surface area (Å²) in [4.78, 5) is 20.2. The van der Waals surface area contributed by atoms with Gasteiger partial charge in [0.2, 0.25) is 5.91 Å². The van der Waals surface area contributed by atoms with Crippen molar-refractivity contribution in [3.05, 3.63) is 54.1 Å². The van der Waals surface area contributed by atoms with Crippen molar-refractivity contribution in [1.82, 2.24) is 15.3 Å². The highest BCUT2D eigenvalue weighted by Crippen LogP contribution is 2.08. The fraction of sp³-hybridized carbons (Fsp3) is 0.214. The van der Waals surface area contributed by atoms with Crippen molar-refractivity contribution in [2.45, 2.75) is 19.4 Å². The van der Waals surface area contributed by atoms with Gasteiger partial charge in [-0.05, 0) is 31.2 Å². The monoisotopic (exact) mass is 256 g/mol. The van der Waals surface area contributed by atoms with E-state index in [1.54, 1.807) is 24.5 Å². The van der Waals surface area contributed by atoms with Gasteiger partial charge in [0.25, 0.3) is 0 Å². The Morgan fingerprint density at radius 1 is 1.32 bits per heavy atom. The molecule has 0 aromatic carbocycles. The molecule has 0 aliphatic carbocycles. The van der Waals surface area contributed by atoms with Crippen molar-refractivity contribution in [3.8, 4) is 0 Å². The van der Waals surface area contributed by atoms with Crippen LogP contribution in [0.3, 0.4) is 0 Å². The molecule has 0 fully saturated rings. The average molecular weight is 256 g/mol. The van der Waals surface area contributed by atoms with E-state index in [9.17, 15) is 4.79 Å². The number of pyridine rings is 2. The second-order valence-corrected chi connectivity index (χ2v) is 4.30. The SMILES string of the molecule is C[C@H](NC(=O)Cc1ccc(N)cn1)c1ccccn1. The van der Waals surface area contributed by atoms with E-state index in [0.29, 0.717) is 11.4 Å². The molecule has 5 heteroatoms. The molecule has 98 valence electrons. The normalized spacial score (nSPS) is 11.8. The molecule has 5 nitrogen and oxygen atoms in total. The van der Waals surface area contributed by atoms with E-state index < -0.39 is 0 Å². The zero-order valence-corrected chi connectivity index (χ0v) is 10.7. The molecule has 2 rings (SSSR count). The second-order valence-electron chi connectivity index (χ2n) is 4.30. The molecule has 3 N–H and O–H groups in total. The predicted molar refractivity (Wildman–Crippen MR) is 73.1 cm³/mol. The summed E-state index contributed by atoms with van der Waals surface area (Å²) in [5.41, 5.74) is 7.66. The number of anilines is 1. The lowest BCUT2D eigenvalue weighted by molar-refractivity contribution is -0.121. The molecule has 0 unspecified atom stereocenters. The number of carbonyl (C=O) groups is 1. The van der Waals surface area contributed by atoms with Gasteiger partial charge in [-0.2, -0.15) is 0 Å². The highest BCUT2D eigenvalue weighted by molar-refractivity contribution is 5.78. The number of carbonyl (C=O) groups excluding carboxylic acids is 1. The van der Waals surface area contributed by atoms with Gasteiger partial charge in [0.1, 0.15) is 0 Å². The van der Waals surface area contributed by atoms with Crippen LogP contribution in [0.1, 0.15) is 24.4 Å². The molecule has 0 aliphatic rings. The van der Waals surface area contributed by atoms with Gasteiger partial charge < -0.3 is 11.1 Å². The zero-order chi connectivity index (χ0) is 13.7. The third-order valence-corrected chi connectivity index (χ3v) is 2.70. The molecular formula is C14H16N4O. The minimum atomic E-state index is -0.123. The summed E-state index contributed by atoms with van der Waals surface area (Å²) in [6, 6.07) is 8.98. The van der Waals surface area contributed by atoms with Crippen LogP contribution in [0.5, 0.6) is 0 Å². The highest BCUT2D eigenvalue weighted by Gasteiger charge is 2.11. The molecule has 0 saturated carbocycles. The molecule has 0 radical (unpaired) electrons. The zero-order valence-electron chi connectivity index (χ0n) is 10.7. The molecule has 2 aromatic heterocycles. The fourth-order valence-electron chi connectivity index (χ4n) is 1.70. The van der Waals surface area contributed by atoms with Crippen LogP contribution in [-0.2, 0) is 11.2 Å². The van der Waals surface area contributed by atoms with Gasteiger partial charge in [-0.25, -0.2) is 0 Å². The minimum Gasteiger partial charge on any atom is -0.397 e. The van der Waals surface area contributed by atoms with Gasteiger partial charge >= 0.3 is 0 Å². The summed E-state index contributed by atoms with van der Waals surface area (Å²) in [6.07, 6.45) is 3.49. The third-order valence-electron chi connectivity index (χ3n) is 2.70. The van der Waals surface area contributed by atoms with Crippen molar-refractivity contribution in [2.75, 3.05) is 5.73 Å². The minimum absolute atomic E-state index is 0.0876. The predicted octanol–water partition coefficient (Wildman–Crippen LogP) is 1.48. The molecule has 0 saturated heterocycles. The van der Waals surface area contributed by atoms with Crippen molar-refractivity contribution in [1.29, 1.82) is 0 Å². The van der Waals surface area contributed by atoms with Gasteiger partial charge in [0, 0.05) is 11.9 Å².